The Bertz CT molecular complexity index is 502. The third-order valence-electron chi connectivity index (χ3n) is 2.00. The van der Waals surface area contributed by atoms with Crippen LogP contribution in [-0.4, -0.2) is 17.8 Å². The van der Waals surface area contributed by atoms with Gasteiger partial charge in [-0.15, -0.1) is 0 Å². The molecule has 1 rings (SSSR count). The smallest absolute Gasteiger partial charge is 0.328 e. The van der Waals surface area contributed by atoms with E-state index in [1.165, 1.54) is 26.2 Å². The summed E-state index contributed by atoms with van der Waals surface area (Å²) in [7, 11) is 1.24. The number of nitrogens with zero attached hydrogens (tertiary/aromatic N) is 2. The van der Waals surface area contributed by atoms with Crippen molar-refractivity contribution in [2.24, 2.45) is 0 Å². The molecule has 0 unspecified atom stereocenters. The van der Waals surface area contributed by atoms with Gasteiger partial charge in [-0.2, -0.15) is 5.26 Å². The number of nitro groups is 1. The summed E-state index contributed by atoms with van der Waals surface area (Å²) < 4.78 is 4.79. The lowest BCUT2D eigenvalue weighted by atomic mass is 10.1. The minimum Gasteiger partial charge on any atom is -0.490 e. The fourth-order valence-corrected chi connectivity index (χ4v) is 1.24. The first-order valence-electron chi connectivity index (χ1n) is 4.28. The highest BCUT2D eigenvalue weighted by molar-refractivity contribution is 5.95. The summed E-state index contributed by atoms with van der Waals surface area (Å²) in [6, 6.07) is 4.11. The Kier molecular flexibility index (Phi) is 3.20. The molecule has 6 heteroatoms. The molecule has 0 saturated carbocycles. The van der Waals surface area contributed by atoms with Crippen molar-refractivity contribution in [1.29, 1.82) is 5.26 Å². The third kappa shape index (κ3) is 1.98. The maximum absolute atomic E-state index is 11.1. The fraction of sp³-hybridized carbons (Fsp3) is 0.200. The first-order chi connectivity index (χ1) is 7.51. The van der Waals surface area contributed by atoms with E-state index in [9.17, 15) is 14.9 Å². The summed E-state index contributed by atoms with van der Waals surface area (Å²) in [5.74, 6) is -0.376. The molecular formula is C10H8N2O4. The lowest BCUT2D eigenvalue weighted by Crippen LogP contribution is -2.01. The summed E-state index contributed by atoms with van der Waals surface area (Å²) in [5, 5.41) is 19.5. The average Bonchev–Trinajstić information content (AvgIpc) is 2.26. The van der Waals surface area contributed by atoms with Crippen LogP contribution in [0.3, 0.4) is 0 Å². The van der Waals surface area contributed by atoms with Gasteiger partial charge in [0.1, 0.15) is 11.6 Å². The van der Waals surface area contributed by atoms with Crippen LogP contribution in [0.1, 0.15) is 22.8 Å². The minimum atomic E-state index is -0.707. The van der Waals surface area contributed by atoms with E-state index in [4.69, 9.17) is 10.00 Å². The Labute approximate surface area is 91.2 Å². The van der Waals surface area contributed by atoms with Crippen molar-refractivity contribution in [3.8, 4) is 11.8 Å². The number of nitro benzene ring substituents is 1. The molecule has 0 aliphatic rings. The van der Waals surface area contributed by atoms with Gasteiger partial charge in [0.15, 0.2) is 11.5 Å². The Morgan fingerprint density at radius 1 is 1.56 bits per heavy atom. The molecule has 0 aliphatic carbocycles. The number of hydrogen-bond donors (Lipinski definition) is 0. The quantitative estimate of drug-likeness (QED) is 0.438. The fourth-order valence-electron chi connectivity index (χ4n) is 1.24. The Balaban J connectivity index is 3.57. The monoisotopic (exact) mass is 220 g/mol. The van der Waals surface area contributed by atoms with Crippen LogP contribution < -0.4 is 4.74 Å². The number of ketones is 1. The van der Waals surface area contributed by atoms with E-state index in [0.717, 1.165) is 0 Å². The van der Waals surface area contributed by atoms with Gasteiger partial charge in [0, 0.05) is 5.56 Å². The molecule has 82 valence electrons. The summed E-state index contributed by atoms with van der Waals surface area (Å²) >= 11 is 0. The van der Waals surface area contributed by atoms with E-state index in [1.807, 2.05) is 0 Å². The highest BCUT2D eigenvalue weighted by Gasteiger charge is 2.23. The van der Waals surface area contributed by atoms with Crippen molar-refractivity contribution in [1.82, 2.24) is 0 Å². The van der Waals surface area contributed by atoms with E-state index in [-0.39, 0.29) is 22.7 Å². The summed E-state index contributed by atoms with van der Waals surface area (Å²) in [6.45, 7) is 1.31. The van der Waals surface area contributed by atoms with E-state index in [1.54, 1.807) is 6.07 Å². The molecular weight excluding hydrogens is 212 g/mol. The topological polar surface area (TPSA) is 93.2 Å². The maximum atomic E-state index is 11.1. The number of rotatable bonds is 3. The van der Waals surface area contributed by atoms with Crippen molar-refractivity contribution in [3.63, 3.8) is 0 Å². The molecule has 0 aromatic heterocycles. The molecule has 0 N–H and O–H groups in total. The van der Waals surface area contributed by atoms with Crippen LogP contribution in [0.4, 0.5) is 5.69 Å². The van der Waals surface area contributed by atoms with Gasteiger partial charge in [-0.3, -0.25) is 14.9 Å². The molecule has 0 atom stereocenters. The van der Waals surface area contributed by atoms with Gasteiger partial charge in [-0.25, -0.2) is 0 Å². The van der Waals surface area contributed by atoms with Crippen molar-refractivity contribution < 1.29 is 14.5 Å². The van der Waals surface area contributed by atoms with Crippen LogP contribution >= 0.6 is 0 Å². The second kappa shape index (κ2) is 4.40. The number of hydrogen-bond acceptors (Lipinski definition) is 5. The zero-order valence-electron chi connectivity index (χ0n) is 8.68. The number of carbonyl (C=O) groups excluding carboxylic acids is 1. The van der Waals surface area contributed by atoms with E-state index >= 15 is 0 Å². The van der Waals surface area contributed by atoms with E-state index in [0.29, 0.717) is 0 Å². The van der Waals surface area contributed by atoms with Crippen molar-refractivity contribution in [3.05, 3.63) is 33.4 Å². The van der Waals surface area contributed by atoms with Gasteiger partial charge in [-0.1, -0.05) is 0 Å². The standard InChI is InChI=1S/C10H8N2O4/c1-6(13)7-3-8(5-11)10(12(14)15)9(4-7)16-2/h3-4H,1-2H3. The average molecular weight is 220 g/mol. The van der Waals surface area contributed by atoms with Crippen molar-refractivity contribution in [2.75, 3.05) is 7.11 Å². The molecule has 1 aromatic carbocycles. The largest absolute Gasteiger partial charge is 0.490 e. The number of ether oxygens (including phenoxy) is 1. The molecule has 1 aromatic rings. The van der Waals surface area contributed by atoms with Gasteiger partial charge < -0.3 is 4.74 Å². The van der Waals surface area contributed by atoms with Crippen molar-refractivity contribution in [2.45, 2.75) is 6.92 Å². The molecule has 0 bridgehead atoms. The van der Waals surface area contributed by atoms with Gasteiger partial charge in [0.2, 0.25) is 0 Å². The van der Waals surface area contributed by atoms with Crippen LogP contribution in [0.5, 0.6) is 5.75 Å². The highest BCUT2D eigenvalue weighted by atomic mass is 16.6. The second-order valence-electron chi connectivity index (χ2n) is 3.00. The van der Waals surface area contributed by atoms with Crippen LogP contribution in [0.2, 0.25) is 0 Å². The van der Waals surface area contributed by atoms with Crippen LogP contribution in [0, 0.1) is 21.4 Å². The second-order valence-corrected chi connectivity index (χ2v) is 3.00. The van der Waals surface area contributed by atoms with Gasteiger partial charge in [0.25, 0.3) is 0 Å². The number of benzene rings is 1. The molecule has 0 heterocycles. The summed E-state index contributed by atoms with van der Waals surface area (Å²) in [6.07, 6.45) is 0. The molecule has 16 heavy (non-hydrogen) atoms. The first-order valence-corrected chi connectivity index (χ1v) is 4.28. The maximum Gasteiger partial charge on any atom is 0.328 e. The van der Waals surface area contributed by atoms with Gasteiger partial charge in [0.05, 0.1) is 12.0 Å². The SMILES string of the molecule is COc1cc(C(C)=O)cc(C#N)c1[N+](=O)[O-]. The number of Topliss-reactive ketones (excluding diaryl/α,β-unsaturated/α-hetero) is 1. The van der Waals surface area contributed by atoms with Gasteiger partial charge in [-0.05, 0) is 19.1 Å². The van der Waals surface area contributed by atoms with Crippen LogP contribution in [0.15, 0.2) is 12.1 Å². The Morgan fingerprint density at radius 3 is 2.56 bits per heavy atom. The van der Waals surface area contributed by atoms with E-state index < -0.39 is 10.6 Å². The van der Waals surface area contributed by atoms with Gasteiger partial charge >= 0.3 is 5.69 Å². The third-order valence-corrected chi connectivity index (χ3v) is 2.00. The molecule has 0 spiro atoms. The number of nitriles is 1. The Hall–Kier alpha value is -2.42. The van der Waals surface area contributed by atoms with Crippen LogP contribution in [0.25, 0.3) is 0 Å². The molecule has 0 radical (unpaired) electrons. The van der Waals surface area contributed by atoms with E-state index in [2.05, 4.69) is 0 Å². The number of methoxy groups -OCH3 is 1. The minimum absolute atomic E-state index is 0.0887. The zero-order valence-corrected chi connectivity index (χ0v) is 8.68. The molecule has 0 fully saturated rings. The highest BCUT2D eigenvalue weighted by Crippen LogP contribution is 2.31. The predicted molar refractivity (Wildman–Crippen MR) is 54.4 cm³/mol. The lowest BCUT2D eigenvalue weighted by molar-refractivity contribution is -0.386. The lowest BCUT2D eigenvalue weighted by Gasteiger charge is -2.04. The van der Waals surface area contributed by atoms with Crippen LogP contribution in [-0.2, 0) is 0 Å². The van der Waals surface area contributed by atoms with Crippen molar-refractivity contribution >= 4 is 11.5 Å². The molecule has 0 amide bonds. The summed E-state index contributed by atoms with van der Waals surface area (Å²) in [5.41, 5.74) is -0.399. The molecule has 0 aliphatic heterocycles. The summed E-state index contributed by atoms with van der Waals surface area (Å²) in [4.78, 5) is 21.2. The number of carbonyl (C=O) groups is 1. The first kappa shape index (κ1) is 11.7. The predicted octanol–water partition coefficient (Wildman–Crippen LogP) is 1.68. The molecule has 0 saturated heterocycles. The normalized spacial score (nSPS) is 9.31. The Morgan fingerprint density at radius 2 is 2.19 bits per heavy atom. The molecule has 6 nitrogen and oxygen atoms in total. The zero-order chi connectivity index (χ0) is 12.3.